The van der Waals surface area contributed by atoms with E-state index in [1.165, 1.54) is 0 Å². The van der Waals surface area contributed by atoms with Crippen molar-refractivity contribution in [3.8, 4) is 0 Å². The van der Waals surface area contributed by atoms with Gasteiger partial charge in [-0.3, -0.25) is 9.48 Å². The molecule has 0 amide bonds. The van der Waals surface area contributed by atoms with Crippen molar-refractivity contribution in [3.05, 3.63) is 53.1 Å². The third-order valence-corrected chi connectivity index (χ3v) is 3.32. The predicted octanol–water partition coefficient (Wildman–Crippen LogP) is 3.61. The molecule has 6 heteroatoms. The van der Waals surface area contributed by atoms with Gasteiger partial charge in [-0.15, -0.1) is 0 Å². The predicted molar refractivity (Wildman–Crippen MR) is 95.6 cm³/mol. The minimum atomic E-state index is 0.525. The Labute approximate surface area is 143 Å². The summed E-state index contributed by atoms with van der Waals surface area (Å²) in [6.07, 6.45) is 10.6. The highest BCUT2D eigenvalue weighted by Crippen LogP contribution is 2.13. The second kappa shape index (κ2) is 10.2. The number of aldehydes is 1. The second-order valence-corrected chi connectivity index (χ2v) is 5.04. The lowest BCUT2D eigenvalue weighted by Crippen LogP contribution is -2.02. The molecule has 0 aliphatic heterocycles. The Morgan fingerprint density at radius 3 is 2.50 bits per heavy atom. The summed E-state index contributed by atoms with van der Waals surface area (Å²) >= 11 is 0. The van der Waals surface area contributed by atoms with Gasteiger partial charge in [0.1, 0.15) is 17.9 Å². The molecular weight excluding hydrogens is 304 g/mol. The van der Waals surface area contributed by atoms with Crippen LogP contribution >= 0.6 is 0 Å². The van der Waals surface area contributed by atoms with Crippen molar-refractivity contribution in [1.82, 2.24) is 14.9 Å². The fourth-order valence-electron chi connectivity index (χ4n) is 2.08. The molecule has 0 saturated carbocycles. The molecule has 2 aromatic heterocycles. The van der Waals surface area contributed by atoms with E-state index in [4.69, 9.17) is 10.3 Å². The Balaban J connectivity index is 0.000000245. The smallest absolute Gasteiger partial charge is 0.149 e. The highest BCUT2D eigenvalue weighted by molar-refractivity contribution is 5.77. The molecule has 24 heavy (non-hydrogen) atoms. The van der Waals surface area contributed by atoms with Crippen molar-refractivity contribution in [3.63, 3.8) is 0 Å². The molecule has 0 aromatic carbocycles. The lowest BCUT2D eigenvalue weighted by atomic mass is 10.1. The highest BCUT2D eigenvalue weighted by atomic mass is 16.5. The van der Waals surface area contributed by atoms with Gasteiger partial charge in [0.25, 0.3) is 0 Å². The van der Waals surface area contributed by atoms with E-state index >= 15 is 0 Å². The van der Waals surface area contributed by atoms with Crippen molar-refractivity contribution in [2.75, 3.05) is 5.73 Å². The molecule has 0 radical (unpaired) electrons. The van der Waals surface area contributed by atoms with E-state index in [-0.39, 0.29) is 0 Å². The first-order valence-electron chi connectivity index (χ1n) is 8.12. The molecule has 6 nitrogen and oxygen atoms in total. The number of allylic oxidation sites excluding steroid dienone is 4. The molecular formula is C18H26N4O2. The highest BCUT2D eigenvalue weighted by Gasteiger charge is 2.09. The lowest BCUT2D eigenvalue weighted by molar-refractivity contribution is -0.104. The Morgan fingerprint density at radius 2 is 2.08 bits per heavy atom. The average Bonchev–Trinajstić information content (AvgIpc) is 3.18. The first-order valence-corrected chi connectivity index (χ1v) is 8.12. The topological polar surface area (TPSA) is 86.9 Å². The summed E-state index contributed by atoms with van der Waals surface area (Å²) in [6.45, 7) is 8.46. The van der Waals surface area contributed by atoms with Gasteiger partial charge < -0.3 is 10.3 Å². The number of rotatable bonds is 3. The van der Waals surface area contributed by atoms with Crippen LogP contribution in [-0.4, -0.2) is 21.2 Å². The van der Waals surface area contributed by atoms with Crippen LogP contribution in [0.15, 0.2) is 40.6 Å². The van der Waals surface area contributed by atoms with Crippen LogP contribution in [0.1, 0.15) is 43.7 Å². The molecule has 3 rings (SSSR count). The maximum atomic E-state index is 10.0. The van der Waals surface area contributed by atoms with Gasteiger partial charge in [-0.2, -0.15) is 5.10 Å². The van der Waals surface area contributed by atoms with E-state index in [1.54, 1.807) is 10.7 Å². The number of hydrogen-bond acceptors (Lipinski definition) is 5. The average molecular weight is 330 g/mol. The monoisotopic (exact) mass is 330 g/mol. The van der Waals surface area contributed by atoms with Crippen LogP contribution in [0.4, 0.5) is 5.82 Å². The number of hydrogen-bond donors (Lipinski definition) is 1. The normalized spacial score (nSPS) is 12.4. The van der Waals surface area contributed by atoms with Crippen LogP contribution < -0.4 is 5.73 Å². The van der Waals surface area contributed by atoms with E-state index in [9.17, 15) is 4.79 Å². The third kappa shape index (κ3) is 5.87. The summed E-state index contributed by atoms with van der Waals surface area (Å²) in [7, 11) is 0. The number of aromatic nitrogens is 3. The first-order chi connectivity index (χ1) is 11.6. The zero-order valence-corrected chi connectivity index (χ0v) is 14.8. The van der Waals surface area contributed by atoms with Crippen molar-refractivity contribution < 1.29 is 9.32 Å². The van der Waals surface area contributed by atoms with Crippen LogP contribution in [0, 0.1) is 13.8 Å². The van der Waals surface area contributed by atoms with Gasteiger partial charge in [0.2, 0.25) is 0 Å². The maximum absolute atomic E-state index is 10.0. The Morgan fingerprint density at radius 1 is 1.33 bits per heavy atom. The molecule has 0 fully saturated rings. The number of aryl methyl sites for hydroxylation is 2. The van der Waals surface area contributed by atoms with Gasteiger partial charge in [0, 0.05) is 17.3 Å². The number of carbonyl (C=O) groups is 1. The number of anilines is 1. The van der Waals surface area contributed by atoms with E-state index in [0.717, 1.165) is 41.7 Å². The maximum Gasteiger partial charge on any atom is 0.149 e. The lowest BCUT2D eigenvalue weighted by Gasteiger charge is -1.99. The van der Waals surface area contributed by atoms with Crippen LogP contribution in [-0.2, 0) is 11.3 Å². The fraction of sp³-hybridized carbons (Fsp3) is 0.389. The van der Waals surface area contributed by atoms with Crippen LogP contribution in [0.2, 0.25) is 0 Å². The Hall–Kier alpha value is -2.63. The largest absolute Gasteiger partial charge is 0.382 e. The van der Waals surface area contributed by atoms with Gasteiger partial charge in [0.05, 0.1) is 12.2 Å². The second-order valence-electron chi connectivity index (χ2n) is 5.04. The van der Waals surface area contributed by atoms with E-state index in [1.807, 2.05) is 52.1 Å². The van der Waals surface area contributed by atoms with E-state index in [2.05, 4.69) is 10.3 Å². The molecule has 1 aliphatic rings. The zero-order chi connectivity index (χ0) is 17.9. The summed E-state index contributed by atoms with van der Waals surface area (Å²) in [5.41, 5.74) is 8.29. The third-order valence-electron chi connectivity index (χ3n) is 3.32. The molecule has 0 atom stereocenters. The number of carbonyl (C=O) groups excluding carboxylic acids is 1. The minimum Gasteiger partial charge on any atom is -0.382 e. The Kier molecular flexibility index (Phi) is 8.25. The van der Waals surface area contributed by atoms with Crippen molar-refractivity contribution in [1.29, 1.82) is 0 Å². The first kappa shape index (κ1) is 19.4. The Bertz CT molecular complexity index is 676. The summed E-state index contributed by atoms with van der Waals surface area (Å²) in [5, 5.41) is 7.96. The quantitative estimate of drug-likeness (QED) is 0.869. The minimum absolute atomic E-state index is 0.525. The van der Waals surface area contributed by atoms with E-state index in [0.29, 0.717) is 12.4 Å². The molecule has 2 N–H and O–H groups in total. The molecule has 0 spiro atoms. The standard InChI is InChI=1S/C9H12N4O.C7H8O.C2H6/c1-6-8(7(2)14-12-6)5-13-4-3-9(10)11-13;8-6-7-4-2-1-3-5-7;1-2/h3-4H,5H2,1-2H3,(H2,10,11);2,4-6H,1,3H2;1-2H3. The molecule has 2 aromatic rings. The number of nitrogens with zero attached hydrogens (tertiary/aromatic N) is 3. The van der Waals surface area contributed by atoms with Crippen LogP contribution in [0.3, 0.4) is 0 Å². The van der Waals surface area contributed by atoms with Crippen molar-refractivity contribution in [2.45, 2.75) is 47.1 Å². The molecule has 2 heterocycles. The molecule has 130 valence electrons. The van der Waals surface area contributed by atoms with Gasteiger partial charge in [0.15, 0.2) is 0 Å². The summed E-state index contributed by atoms with van der Waals surface area (Å²) in [4.78, 5) is 10.0. The molecule has 0 saturated heterocycles. The molecule has 1 aliphatic carbocycles. The van der Waals surface area contributed by atoms with Gasteiger partial charge in [-0.1, -0.05) is 37.2 Å². The van der Waals surface area contributed by atoms with Crippen LogP contribution in [0.25, 0.3) is 0 Å². The number of nitrogens with two attached hydrogens (primary N) is 1. The molecule has 0 unspecified atom stereocenters. The van der Waals surface area contributed by atoms with Crippen molar-refractivity contribution in [2.24, 2.45) is 0 Å². The fourth-order valence-corrected chi connectivity index (χ4v) is 2.08. The summed E-state index contributed by atoms with van der Waals surface area (Å²) in [5.74, 6) is 1.35. The van der Waals surface area contributed by atoms with E-state index < -0.39 is 0 Å². The van der Waals surface area contributed by atoms with Gasteiger partial charge in [-0.05, 0) is 32.8 Å². The SMILES string of the molecule is CC.Cc1noc(C)c1Cn1ccc(N)n1.O=CC1=CCCC=C1. The van der Waals surface area contributed by atoms with Crippen LogP contribution in [0.5, 0.6) is 0 Å². The summed E-state index contributed by atoms with van der Waals surface area (Å²) < 4.78 is 6.82. The van der Waals surface area contributed by atoms with Crippen molar-refractivity contribution >= 4 is 12.1 Å². The van der Waals surface area contributed by atoms with Gasteiger partial charge >= 0.3 is 0 Å². The molecule has 0 bridgehead atoms. The number of nitrogen functional groups attached to an aromatic ring is 1. The summed E-state index contributed by atoms with van der Waals surface area (Å²) in [6, 6.07) is 1.76. The van der Waals surface area contributed by atoms with Gasteiger partial charge in [-0.25, -0.2) is 0 Å². The zero-order valence-electron chi connectivity index (χ0n) is 14.8.